The lowest BCUT2D eigenvalue weighted by molar-refractivity contribution is -0.146. The van der Waals surface area contributed by atoms with Gasteiger partial charge < -0.3 is 62.3 Å². The Balaban J connectivity index is 3.31. The first-order chi connectivity index (χ1) is 35.6. The molecule has 1 aliphatic heterocycles. The highest BCUT2D eigenvalue weighted by molar-refractivity contribution is 5.99. The van der Waals surface area contributed by atoms with E-state index in [-0.39, 0.29) is 61.9 Å². The highest BCUT2D eigenvalue weighted by Crippen LogP contribution is 2.25. The first-order valence-corrected chi connectivity index (χ1v) is 27.9. The molecule has 7 atom stereocenters. The Kier molecular flexibility index (Phi) is 29.4. The number of carbonyl (C=O) groups is 10. The molecule has 0 saturated carbocycles. The van der Waals surface area contributed by atoms with Gasteiger partial charge in [-0.25, -0.2) is 0 Å². The van der Waals surface area contributed by atoms with Gasteiger partial charge in [0.15, 0.2) is 0 Å². The van der Waals surface area contributed by atoms with Crippen LogP contribution in [-0.2, 0) is 47.9 Å². The Labute approximate surface area is 460 Å². The van der Waals surface area contributed by atoms with Crippen molar-refractivity contribution in [3.05, 3.63) is 0 Å². The molecular weight excluding hydrogens is 991 g/mol. The number of likely N-dealkylation sites (tertiary alicyclic amines) is 1. The summed E-state index contributed by atoms with van der Waals surface area (Å²) in [5.41, 5.74) is -4.80. The number of likely N-dealkylation sites (N-methyl/N-ethyl adjacent to an activating group) is 1. The zero-order chi connectivity index (χ0) is 59.2. The summed E-state index contributed by atoms with van der Waals surface area (Å²) in [6.45, 7) is 25.8. The number of nitrogens with one attached hydrogen (secondary N) is 8. The molecule has 22 heteroatoms. The predicted molar refractivity (Wildman–Crippen MR) is 296 cm³/mol. The maximum atomic E-state index is 14.4. The van der Waals surface area contributed by atoms with E-state index in [9.17, 15) is 53.1 Å². The normalized spacial score (nSPS) is 16.4. The zero-order valence-corrected chi connectivity index (χ0v) is 49.8. The van der Waals surface area contributed by atoms with E-state index < -0.39 is 100 Å². The van der Waals surface area contributed by atoms with Crippen molar-refractivity contribution < 1.29 is 53.1 Å². The molecule has 1 rings (SSSR count). The molecule has 0 aliphatic carbocycles. The van der Waals surface area contributed by atoms with Crippen LogP contribution in [0, 0.1) is 17.8 Å². The molecule has 0 spiro atoms. The van der Waals surface area contributed by atoms with Gasteiger partial charge >= 0.3 is 0 Å². The molecule has 0 unspecified atom stereocenters. The minimum Gasteiger partial charge on any atom is -0.390 e. The van der Waals surface area contributed by atoms with E-state index in [0.717, 1.165) is 32.1 Å². The third kappa shape index (κ3) is 24.0. The second-order valence-corrected chi connectivity index (χ2v) is 24.1. The summed E-state index contributed by atoms with van der Waals surface area (Å²) in [6.07, 6.45) is 5.50. The van der Waals surface area contributed by atoms with Gasteiger partial charge in [-0.3, -0.25) is 47.9 Å². The van der Waals surface area contributed by atoms with Crippen LogP contribution in [0.2, 0.25) is 0 Å². The molecule has 1 fully saturated rings. The second kappa shape index (κ2) is 32.5. The number of hydrogen-bond acceptors (Lipinski definition) is 12. The van der Waals surface area contributed by atoms with Crippen LogP contribution in [0.1, 0.15) is 181 Å². The minimum atomic E-state index is -1.75. The van der Waals surface area contributed by atoms with Crippen molar-refractivity contribution in [1.29, 1.82) is 0 Å². The number of aliphatic hydroxyl groups is 1. The Morgan fingerprint density at radius 2 is 1.19 bits per heavy atom. The number of nitrogens with zero attached hydrogens (tertiary/aromatic N) is 3. The quantitative estimate of drug-likeness (QED) is 0.0327. The van der Waals surface area contributed by atoms with Crippen molar-refractivity contribution in [2.75, 3.05) is 33.7 Å². The van der Waals surface area contributed by atoms with E-state index in [2.05, 4.69) is 49.5 Å². The fourth-order valence-corrected chi connectivity index (χ4v) is 9.11. The Bertz CT molecular complexity index is 1980. The molecule has 0 aromatic heterocycles. The van der Waals surface area contributed by atoms with Crippen LogP contribution < -0.4 is 42.5 Å². The van der Waals surface area contributed by atoms with Gasteiger partial charge in [-0.15, -0.1) is 0 Å². The number of amides is 10. The Morgan fingerprint density at radius 3 is 1.73 bits per heavy atom. The highest BCUT2D eigenvalue weighted by atomic mass is 16.3. The average molecular weight is 1090 g/mol. The number of carbonyl (C=O) groups excluding carboxylic acids is 10. The molecular formula is C55H101N11O11. The molecule has 22 nitrogen and oxygen atoms in total. The van der Waals surface area contributed by atoms with Crippen molar-refractivity contribution in [3.8, 4) is 0 Å². The van der Waals surface area contributed by atoms with Gasteiger partial charge in [-0.05, 0) is 112 Å². The monoisotopic (exact) mass is 1090 g/mol. The maximum Gasteiger partial charge on any atom is 0.246 e. The predicted octanol–water partition coefficient (Wildman–Crippen LogP) is 2.35. The molecule has 0 radical (unpaired) electrons. The van der Waals surface area contributed by atoms with Gasteiger partial charge in [0.2, 0.25) is 59.6 Å². The van der Waals surface area contributed by atoms with E-state index in [1.165, 1.54) is 53.4 Å². The van der Waals surface area contributed by atoms with E-state index in [4.69, 9.17) is 0 Å². The Hall–Kier alpha value is -5.38. The van der Waals surface area contributed by atoms with Crippen LogP contribution in [0.3, 0.4) is 0 Å². The highest BCUT2D eigenvalue weighted by Gasteiger charge is 2.43. The third-order valence-corrected chi connectivity index (χ3v) is 13.5. The molecule has 0 aromatic rings. The van der Waals surface area contributed by atoms with Crippen molar-refractivity contribution >= 4 is 59.6 Å². The van der Waals surface area contributed by atoms with Crippen LogP contribution in [0.4, 0.5) is 0 Å². The SMILES string of the molecule is CCCCCCCC[C@@H](C(=O)N[C@H](C(=O)NC(C)(C)C(=O)N[C@@H](CC(C)C)C(=O)N[C@@H](CC(C)C)C(=O)NC(C)(C)C(=O)NC(C)(C)C(=O)NCCC(=O)N[C@@H](C)CN(C)C)[C@H](O)C(C)C)N(C=O)[C@@H]1CCCN1C(C)=O. The first-order valence-electron chi connectivity index (χ1n) is 27.9. The van der Waals surface area contributed by atoms with Gasteiger partial charge in [-0.1, -0.05) is 87.0 Å². The Morgan fingerprint density at radius 1 is 0.662 bits per heavy atom. The van der Waals surface area contributed by atoms with E-state index in [1.807, 2.05) is 53.6 Å². The van der Waals surface area contributed by atoms with Crippen molar-refractivity contribution in [2.45, 2.75) is 240 Å². The van der Waals surface area contributed by atoms with E-state index >= 15 is 0 Å². The summed E-state index contributed by atoms with van der Waals surface area (Å²) in [5, 5.41) is 33.2. The first kappa shape index (κ1) is 69.6. The van der Waals surface area contributed by atoms with E-state index in [1.54, 1.807) is 18.7 Å². The van der Waals surface area contributed by atoms with Crippen LogP contribution in [0.5, 0.6) is 0 Å². The number of aliphatic hydroxyl groups excluding tert-OH is 1. The van der Waals surface area contributed by atoms with Gasteiger partial charge in [0.25, 0.3) is 0 Å². The van der Waals surface area contributed by atoms with Crippen molar-refractivity contribution in [1.82, 2.24) is 57.2 Å². The van der Waals surface area contributed by atoms with Crippen LogP contribution in [0.25, 0.3) is 0 Å². The van der Waals surface area contributed by atoms with Crippen LogP contribution in [-0.4, -0.2) is 172 Å². The maximum absolute atomic E-state index is 14.4. The van der Waals surface area contributed by atoms with Crippen LogP contribution >= 0.6 is 0 Å². The molecule has 0 bridgehead atoms. The molecule has 1 aliphatic rings. The topological polar surface area (TPSA) is 297 Å². The fourth-order valence-electron chi connectivity index (χ4n) is 9.11. The fraction of sp³-hybridized carbons (Fsp3) is 0.818. The summed E-state index contributed by atoms with van der Waals surface area (Å²) in [5.74, 6) is -6.38. The number of unbranched alkanes of at least 4 members (excludes halogenated alkanes) is 5. The second-order valence-electron chi connectivity index (χ2n) is 24.1. The van der Waals surface area contributed by atoms with Gasteiger partial charge in [0, 0.05) is 39.0 Å². The van der Waals surface area contributed by atoms with Gasteiger partial charge in [0.1, 0.15) is 46.9 Å². The summed E-state index contributed by atoms with van der Waals surface area (Å²) in [7, 11) is 3.78. The summed E-state index contributed by atoms with van der Waals surface area (Å²) >= 11 is 0. The smallest absolute Gasteiger partial charge is 0.246 e. The molecule has 77 heavy (non-hydrogen) atoms. The average Bonchev–Trinajstić information content (AvgIpc) is 3.79. The van der Waals surface area contributed by atoms with Gasteiger partial charge in [-0.2, -0.15) is 0 Å². The zero-order valence-electron chi connectivity index (χ0n) is 49.8. The number of rotatable bonds is 35. The molecule has 1 saturated heterocycles. The summed E-state index contributed by atoms with van der Waals surface area (Å²) < 4.78 is 0. The molecule has 10 amide bonds. The van der Waals surface area contributed by atoms with E-state index in [0.29, 0.717) is 38.8 Å². The largest absolute Gasteiger partial charge is 0.390 e. The molecule has 1 heterocycles. The summed E-state index contributed by atoms with van der Waals surface area (Å²) in [4.78, 5) is 141. The standard InChI is InChI=1S/C55H101N11O11/c1-18-19-20-21-22-23-25-41(66(33-67)43-26-24-29-65(43)38(9)68)48(73)60-44(45(70)36(6)7)49(74)62-54(12,13)51(76)59-39(30-34(2)3)46(71)58-40(31-35(4)5)47(72)61-55(14,15)52(77)63-53(10,11)50(75)56-28-27-42(69)57-37(8)32-64(16)17/h33-37,39-41,43-45,70H,18-32H2,1-17H3,(H,56,75)(H,57,69)(H,58,71)(H,59,76)(H,60,73)(H,61,72)(H,62,74)(H,63,77)/t37-,39-,40-,41-,43+,44-,45+/m0/s1. The lowest BCUT2D eigenvalue weighted by atomic mass is 9.95. The van der Waals surface area contributed by atoms with Crippen molar-refractivity contribution in [2.24, 2.45) is 17.8 Å². The van der Waals surface area contributed by atoms with Crippen molar-refractivity contribution in [3.63, 3.8) is 0 Å². The number of hydrogen-bond donors (Lipinski definition) is 9. The molecule has 9 N–H and O–H groups in total. The van der Waals surface area contributed by atoms with Crippen LogP contribution in [0.15, 0.2) is 0 Å². The minimum absolute atomic E-state index is 0.0221. The van der Waals surface area contributed by atoms with Gasteiger partial charge in [0.05, 0.1) is 6.10 Å². The molecule has 0 aromatic carbocycles. The third-order valence-electron chi connectivity index (χ3n) is 13.5. The summed E-state index contributed by atoms with van der Waals surface area (Å²) in [6, 6.07) is -5.17. The lowest BCUT2D eigenvalue weighted by Crippen LogP contribution is -2.66. The lowest BCUT2D eigenvalue weighted by Gasteiger charge is -2.38. The molecule has 442 valence electrons.